The number of rotatable bonds is 2. The lowest BCUT2D eigenvalue weighted by Crippen LogP contribution is -2.12. The second-order valence-electron chi connectivity index (χ2n) is 4.77. The molecule has 0 amide bonds. The van der Waals surface area contributed by atoms with Crippen LogP contribution in [0.3, 0.4) is 0 Å². The second-order valence-corrected chi connectivity index (χ2v) is 4.77. The van der Waals surface area contributed by atoms with Crippen molar-refractivity contribution in [3.05, 3.63) is 47.8 Å². The molecule has 0 fully saturated rings. The van der Waals surface area contributed by atoms with Crippen molar-refractivity contribution in [2.75, 3.05) is 0 Å². The molecule has 0 atom stereocenters. The fraction of sp³-hybridized carbons (Fsp3) is 0.357. The Labute approximate surface area is 92.6 Å². The van der Waals surface area contributed by atoms with Crippen LogP contribution in [0.4, 0.5) is 0 Å². The first-order valence-electron chi connectivity index (χ1n) is 5.21. The fourth-order valence-corrected chi connectivity index (χ4v) is 1.33. The van der Waals surface area contributed by atoms with Crippen LogP contribution in [0.25, 0.3) is 6.08 Å². The van der Waals surface area contributed by atoms with Crippen LogP contribution in [0.5, 0.6) is 0 Å². The zero-order valence-corrected chi connectivity index (χ0v) is 10.0. The molecule has 0 saturated heterocycles. The molecule has 1 aromatic heterocycles. The van der Waals surface area contributed by atoms with Crippen molar-refractivity contribution in [2.24, 2.45) is 0 Å². The number of hydrogen-bond acceptors (Lipinski definition) is 1. The van der Waals surface area contributed by atoms with E-state index in [9.17, 15) is 0 Å². The maximum Gasteiger partial charge on any atom is 0.0658 e. The van der Waals surface area contributed by atoms with Gasteiger partial charge in [0.2, 0.25) is 0 Å². The molecule has 0 saturated carbocycles. The summed E-state index contributed by atoms with van der Waals surface area (Å²) >= 11 is 0. The third-order valence-electron chi connectivity index (χ3n) is 2.37. The van der Waals surface area contributed by atoms with Crippen LogP contribution >= 0.6 is 0 Å². The van der Waals surface area contributed by atoms with Gasteiger partial charge in [-0.3, -0.25) is 4.98 Å². The Morgan fingerprint density at radius 3 is 2.47 bits per heavy atom. The summed E-state index contributed by atoms with van der Waals surface area (Å²) in [5.41, 5.74) is 3.66. The topological polar surface area (TPSA) is 12.9 Å². The minimum atomic E-state index is 0.165. The highest BCUT2D eigenvalue weighted by Gasteiger charge is 2.14. The van der Waals surface area contributed by atoms with E-state index in [1.165, 1.54) is 11.1 Å². The monoisotopic (exact) mass is 201 g/mol. The van der Waals surface area contributed by atoms with E-state index in [0.29, 0.717) is 0 Å². The molecule has 80 valence electrons. The van der Waals surface area contributed by atoms with Crippen molar-refractivity contribution in [1.29, 1.82) is 0 Å². The normalized spacial score (nSPS) is 12.0. The molecule has 0 aromatic carbocycles. The van der Waals surface area contributed by atoms with Gasteiger partial charge >= 0.3 is 0 Å². The molecule has 0 aliphatic rings. The Hall–Kier alpha value is -1.37. The maximum absolute atomic E-state index is 4.45. The van der Waals surface area contributed by atoms with Crippen molar-refractivity contribution >= 4 is 6.08 Å². The Morgan fingerprint density at radius 1 is 1.33 bits per heavy atom. The molecular formula is C14H19N. The molecule has 1 heterocycles. The number of pyridine rings is 1. The summed E-state index contributed by atoms with van der Waals surface area (Å²) in [5.74, 6) is 0. The average Bonchev–Trinajstić information content (AvgIpc) is 2.14. The number of hydrogen-bond donors (Lipinski definition) is 0. The minimum absolute atomic E-state index is 0.165. The summed E-state index contributed by atoms with van der Waals surface area (Å²) in [7, 11) is 0. The van der Waals surface area contributed by atoms with Gasteiger partial charge < -0.3 is 0 Å². The van der Waals surface area contributed by atoms with Crippen molar-refractivity contribution in [3.63, 3.8) is 0 Å². The molecule has 0 unspecified atom stereocenters. The van der Waals surface area contributed by atoms with E-state index in [1.807, 2.05) is 18.3 Å². The van der Waals surface area contributed by atoms with E-state index in [4.69, 9.17) is 0 Å². The summed E-state index contributed by atoms with van der Waals surface area (Å²) < 4.78 is 0. The van der Waals surface area contributed by atoms with Gasteiger partial charge in [-0.05, 0) is 29.5 Å². The van der Waals surface area contributed by atoms with E-state index < -0.39 is 0 Å². The zero-order valence-electron chi connectivity index (χ0n) is 10.0. The quantitative estimate of drug-likeness (QED) is 0.661. The van der Waals surface area contributed by atoms with Crippen LogP contribution in [-0.4, -0.2) is 4.98 Å². The summed E-state index contributed by atoms with van der Waals surface area (Å²) in [4.78, 5) is 4.45. The van der Waals surface area contributed by atoms with E-state index in [1.54, 1.807) is 6.08 Å². The molecule has 0 aliphatic heterocycles. The number of allylic oxidation sites excluding steroid dienone is 2. The molecule has 0 bridgehead atoms. The van der Waals surface area contributed by atoms with Gasteiger partial charge in [-0.1, -0.05) is 45.6 Å². The molecular weight excluding hydrogens is 182 g/mol. The van der Waals surface area contributed by atoms with Gasteiger partial charge in [-0.25, -0.2) is 0 Å². The summed E-state index contributed by atoms with van der Waals surface area (Å²) in [6, 6.07) is 2.20. The molecule has 0 aliphatic carbocycles. The zero-order chi connectivity index (χ0) is 11.5. The highest BCUT2D eigenvalue weighted by atomic mass is 14.7. The first-order chi connectivity index (χ1) is 6.95. The van der Waals surface area contributed by atoms with Gasteiger partial charge in [0.05, 0.1) is 5.69 Å². The van der Waals surface area contributed by atoms with Crippen LogP contribution < -0.4 is 0 Å². The molecule has 1 nitrogen and oxygen atoms in total. The van der Waals surface area contributed by atoms with Crippen LogP contribution in [0, 0.1) is 6.92 Å². The van der Waals surface area contributed by atoms with Crippen LogP contribution in [0.2, 0.25) is 0 Å². The predicted octanol–water partition coefficient (Wildman–Crippen LogP) is 3.89. The first kappa shape index (κ1) is 11.7. The molecule has 0 spiro atoms. The standard InChI is InChI=1S/C14H19N/c1-6-7-8-13-11(2)9-12(10-15-13)14(3,4)5/h6-10H,1H2,2-5H3/b8-7-. The van der Waals surface area contributed by atoms with Crippen molar-refractivity contribution < 1.29 is 0 Å². The summed E-state index contributed by atoms with van der Waals surface area (Å²) in [6.07, 6.45) is 7.61. The van der Waals surface area contributed by atoms with Crippen molar-refractivity contribution in [1.82, 2.24) is 4.98 Å². The largest absolute Gasteiger partial charge is 0.256 e. The SMILES string of the molecule is C=C/C=C\c1ncc(C(C)(C)C)cc1C. The van der Waals surface area contributed by atoms with E-state index >= 15 is 0 Å². The van der Waals surface area contributed by atoms with Gasteiger partial charge in [0.25, 0.3) is 0 Å². The van der Waals surface area contributed by atoms with E-state index in [0.717, 1.165) is 5.69 Å². The van der Waals surface area contributed by atoms with E-state index in [-0.39, 0.29) is 5.41 Å². The lowest BCUT2D eigenvalue weighted by Gasteiger charge is -2.19. The maximum atomic E-state index is 4.45. The molecule has 1 rings (SSSR count). The Kier molecular flexibility index (Phi) is 3.46. The van der Waals surface area contributed by atoms with Crippen LogP contribution in [0.15, 0.2) is 31.0 Å². The van der Waals surface area contributed by atoms with Gasteiger partial charge in [-0.15, -0.1) is 0 Å². The van der Waals surface area contributed by atoms with Gasteiger partial charge in [-0.2, -0.15) is 0 Å². The Bertz CT molecular complexity index is 381. The third kappa shape index (κ3) is 3.05. The average molecular weight is 201 g/mol. The summed E-state index contributed by atoms with van der Waals surface area (Å²) in [6.45, 7) is 12.3. The Balaban J connectivity index is 3.09. The molecule has 0 radical (unpaired) electrons. The van der Waals surface area contributed by atoms with E-state index in [2.05, 4.69) is 45.3 Å². The fourth-order valence-electron chi connectivity index (χ4n) is 1.33. The van der Waals surface area contributed by atoms with Gasteiger partial charge in [0.1, 0.15) is 0 Å². The second kappa shape index (κ2) is 4.43. The van der Waals surface area contributed by atoms with Crippen molar-refractivity contribution in [3.8, 4) is 0 Å². The molecule has 1 aromatic rings. The smallest absolute Gasteiger partial charge is 0.0658 e. The number of nitrogens with zero attached hydrogens (tertiary/aromatic N) is 1. The lowest BCUT2D eigenvalue weighted by molar-refractivity contribution is 0.586. The third-order valence-corrected chi connectivity index (χ3v) is 2.37. The first-order valence-corrected chi connectivity index (χ1v) is 5.21. The number of aryl methyl sites for hydroxylation is 1. The minimum Gasteiger partial charge on any atom is -0.256 e. The number of aromatic nitrogens is 1. The summed E-state index contributed by atoms with van der Waals surface area (Å²) in [5, 5.41) is 0. The van der Waals surface area contributed by atoms with Gasteiger partial charge in [0, 0.05) is 6.20 Å². The van der Waals surface area contributed by atoms with Crippen LogP contribution in [-0.2, 0) is 5.41 Å². The lowest BCUT2D eigenvalue weighted by atomic mass is 9.87. The molecule has 0 N–H and O–H groups in total. The van der Waals surface area contributed by atoms with Gasteiger partial charge in [0.15, 0.2) is 0 Å². The van der Waals surface area contributed by atoms with Crippen LogP contribution in [0.1, 0.15) is 37.6 Å². The highest BCUT2D eigenvalue weighted by Crippen LogP contribution is 2.23. The Morgan fingerprint density at radius 2 is 2.00 bits per heavy atom. The van der Waals surface area contributed by atoms with Crippen molar-refractivity contribution in [2.45, 2.75) is 33.1 Å². The molecule has 15 heavy (non-hydrogen) atoms. The highest BCUT2D eigenvalue weighted by molar-refractivity contribution is 5.51. The predicted molar refractivity (Wildman–Crippen MR) is 66.9 cm³/mol. The molecule has 1 heteroatoms.